The smallest absolute Gasteiger partial charge is 0.271 e. The van der Waals surface area contributed by atoms with Crippen LogP contribution in [-0.2, 0) is 0 Å². The Balaban J connectivity index is 1.67. The Morgan fingerprint density at radius 1 is 1.36 bits per heavy atom. The Hall–Kier alpha value is -3.20. The van der Waals surface area contributed by atoms with E-state index < -0.39 is 5.91 Å². The van der Waals surface area contributed by atoms with Crippen molar-refractivity contribution in [3.63, 3.8) is 0 Å². The van der Waals surface area contributed by atoms with Crippen LogP contribution >= 0.6 is 0 Å². The van der Waals surface area contributed by atoms with Crippen molar-refractivity contribution in [3.8, 4) is 0 Å². The van der Waals surface area contributed by atoms with E-state index in [1.54, 1.807) is 10.7 Å². The molecule has 9 heteroatoms. The SMILES string of the molecule is NC(=O)c1ncc(NC2CCNC2)nc1Nc1cnn2ccccc12. The molecular formula is C16H18N8O. The number of pyridine rings is 1. The third kappa shape index (κ3) is 3.09. The van der Waals surface area contributed by atoms with E-state index in [0.29, 0.717) is 17.7 Å². The number of amides is 1. The summed E-state index contributed by atoms with van der Waals surface area (Å²) in [6.45, 7) is 1.84. The number of nitrogens with zero attached hydrogens (tertiary/aromatic N) is 4. The van der Waals surface area contributed by atoms with Crippen LogP contribution in [0, 0.1) is 0 Å². The lowest BCUT2D eigenvalue weighted by atomic mass is 10.2. The summed E-state index contributed by atoms with van der Waals surface area (Å²) < 4.78 is 1.73. The zero-order valence-electron chi connectivity index (χ0n) is 13.4. The second kappa shape index (κ2) is 6.36. The van der Waals surface area contributed by atoms with Crippen molar-refractivity contribution in [2.45, 2.75) is 12.5 Å². The molecular weight excluding hydrogens is 320 g/mol. The van der Waals surface area contributed by atoms with E-state index >= 15 is 0 Å². The third-order valence-electron chi connectivity index (χ3n) is 4.10. The van der Waals surface area contributed by atoms with E-state index in [-0.39, 0.29) is 5.69 Å². The van der Waals surface area contributed by atoms with E-state index in [0.717, 1.165) is 30.7 Å². The molecule has 4 heterocycles. The highest BCUT2D eigenvalue weighted by Crippen LogP contribution is 2.23. The summed E-state index contributed by atoms with van der Waals surface area (Å²) in [6, 6.07) is 6.00. The zero-order valence-corrected chi connectivity index (χ0v) is 13.4. The minimum Gasteiger partial charge on any atom is -0.365 e. The van der Waals surface area contributed by atoms with Crippen molar-refractivity contribution in [2.24, 2.45) is 5.73 Å². The molecule has 0 aliphatic carbocycles. The van der Waals surface area contributed by atoms with Crippen molar-refractivity contribution in [1.82, 2.24) is 24.9 Å². The largest absolute Gasteiger partial charge is 0.365 e. The number of nitrogens with one attached hydrogen (secondary N) is 3. The maximum absolute atomic E-state index is 11.7. The second-order valence-electron chi connectivity index (χ2n) is 5.86. The predicted molar refractivity (Wildman–Crippen MR) is 93.9 cm³/mol. The summed E-state index contributed by atoms with van der Waals surface area (Å²) in [5.41, 5.74) is 7.10. The van der Waals surface area contributed by atoms with Crippen LogP contribution in [0.3, 0.4) is 0 Å². The third-order valence-corrected chi connectivity index (χ3v) is 4.10. The molecule has 4 rings (SSSR count). The van der Waals surface area contributed by atoms with E-state index in [1.807, 2.05) is 24.4 Å². The molecule has 0 aromatic carbocycles. The average Bonchev–Trinajstić information content (AvgIpc) is 3.25. The maximum atomic E-state index is 11.7. The van der Waals surface area contributed by atoms with E-state index in [1.165, 1.54) is 6.20 Å². The van der Waals surface area contributed by atoms with Gasteiger partial charge in [0.05, 0.1) is 23.6 Å². The average molecular weight is 338 g/mol. The first-order valence-corrected chi connectivity index (χ1v) is 8.04. The van der Waals surface area contributed by atoms with Crippen LogP contribution in [0.2, 0.25) is 0 Å². The van der Waals surface area contributed by atoms with Crippen LogP contribution in [0.1, 0.15) is 16.9 Å². The number of aromatic nitrogens is 4. The molecule has 128 valence electrons. The van der Waals surface area contributed by atoms with Gasteiger partial charge in [0.1, 0.15) is 5.82 Å². The van der Waals surface area contributed by atoms with Crippen molar-refractivity contribution >= 4 is 28.7 Å². The summed E-state index contributed by atoms with van der Waals surface area (Å²) in [4.78, 5) is 20.4. The molecule has 5 N–H and O–H groups in total. The van der Waals surface area contributed by atoms with Gasteiger partial charge in [-0.05, 0) is 25.1 Å². The zero-order chi connectivity index (χ0) is 17.2. The van der Waals surface area contributed by atoms with Gasteiger partial charge in [-0.3, -0.25) is 4.79 Å². The number of carbonyl (C=O) groups excluding carboxylic acids is 1. The molecule has 1 aliphatic rings. The Kier molecular flexibility index (Phi) is 3.90. The fourth-order valence-electron chi connectivity index (χ4n) is 2.87. The van der Waals surface area contributed by atoms with Gasteiger partial charge in [0.25, 0.3) is 5.91 Å². The number of hydrogen-bond donors (Lipinski definition) is 4. The van der Waals surface area contributed by atoms with Gasteiger partial charge in [0.2, 0.25) is 0 Å². The topological polar surface area (TPSA) is 122 Å². The molecule has 25 heavy (non-hydrogen) atoms. The Labute approximate surface area is 143 Å². The molecule has 3 aromatic rings. The van der Waals surface area contributed by atoms with Gasteiger partial charge in [-0.15, -0.1) is 0 Å². The number of primary amides is 1. The lowest BCUT2D eigenvalue weighted by molar-refractivity contribution is 0.0996. The number of nitrogens with two attached hydrogens (primary N) is 1. The van der Waals surface area contributed by atoms with Crippen LogP contribution < -0.4 is 21.7 Å². The molecule has 1 aliphatic heterocycles. The molecule has 1 atom stereocenters. The number of fused-ring (bicyclic) bond motifs is 1. The van der Waals surface area contributed by atoms with Gasteiger partial charge >= 0.3 is 0 Å². The van der Waals surface area contributed by atoms with Crippen molar-refractivity contribution in [3.05, 3.63) is 42.5 Å². The number of hydrogen-bond acceptors (Lipinski definition) is 7. The number of anilines is 3. The fourth-order valence-corrected chi connectivity index (χ4v) is 2.87. The molecule has 0 saturated carbocycles. The quantitative estimate of drug-likeness (QED) is 0.541. The molecule has 1 saturated heterocycles. The Morgan fingerprint density at radius 2 is 2.28 bits per heavy atom. The molecule has 1 amide bonds. The second-order valence-corrected chi connectivity index (χ2v) is 5.86. The van der Waals surface area contributed by atoms with Gasteiger partial charge in [0, 0.05) is 18.8 Å². The number of rotatable bonds is 5. The first-order valence-electron chi connectivity index (χ1n) is 8.04. The minimum atomic E-state index is -0.638. The minimum absolute atomic E-state index is 0.0883. The van der Waals surface area contributed by atoms with Crippen LogP contribution in [0.25, 0.3) is 5.52 Å². The van der Waals surface area contributed by atoms with Crippen LogP contribution in [0.4, 0.5) is 17.3 Å². The first-order chi connectivity index (χ1) is 12.2. The van der Waals surface area contributed by atoms with Crippen LogP contribution in [-0.4, -0.2) is 44.6 Å². The first kappa shape index (κ1) is 15.3. The molecule has 3 aromatic heterocycles. The summed E-state index contributed by atoms with van der Waals surface area (Å²) in [5, 5.41) is 14.0. The maximum Gasteiger partial charge on any atom is 0.271 e. The standard InChI is InChI=1S/C16H18N8O/c17-15(25)14-16(22-11-8-20-24-6-2-1-3-12(11)24)23-13(9-19-14)21-10-4-5-18-7-10/h1-3,6,8-10,18H,4-5,7H2,(H2,17,25)(H2,21,22,23). The van der Waals surface area contributed by atoms with E-state index in [9.17, 15) is 4.79 Å². The van der Waals surface area contributed by atoms with Gasteiger partial charge in [0.15, 0.2) is 11.5 Å². The van der Waals surface area contributed by atoms with E-state index in [4.69, 9.17) is 5.73 Å². The van der Waals surface area contributed by atoms with Gasteiger partial charge < -0.3 is 21.7 Å². The molecule has 0 radical (unpaired) electrons. The fraction of sp³-hybridized carbons (Fsp3) is 0.250. The number of carbonyl (C=O) groups is 1. The van der Waals surface area contributed by atoms with Gasteiger partial charge in [-0.25, -0.2) is 14.5 Å². The molecule has 1 unspecified atom stereocenters. The molecule has 0 bridgehead atoms. The molecule has 1 fully saturated rings. The summed E-state index contributed by atoms with van der Waals surface area (Å²) >= 11 is 0. The lowest BCUT2D eigenvalue weighted by Crippen LogP contribution is -2.24. The Morgan fingerprint density at radius 3 is 3.08 bits per heavy atom. The van der Waals surface area contributed by atoms with Crippen LogP contribution in [0.5, 0.6) is 0 Å². The Bertz CT molecular complexity index is 915. The highest BCUT2D eigenvalue weighted by Gasteiger charge is 2.18. The van der Waals surface area contributed by atoms with Gasteiger partial charge in [-0.1, -0.05) is 6.07 Å². The highest BCUT2D eigenvalue weighted by atomic mass is 16.1. The molecule has 0 spiro atoms. The lowest BCUT2D eigenvalue weighted by Gasteiger charge is -2.14. The molecule has 9 nitrogen and oxygen atoms in total. The summed E-state index contributed by atoms with van der Waals surface area (Å²) in [5.74, 6) is 0.264. The monoisotopic (exact) mass is 338 g/mol. The van der Waals surface area contributed by atoms with Gasteiger partial charge in [-0.2, -0.15) is 5.10 Å². The summed E-state index contributed by atoms with van der Waals surface area (Å²) in [6.07, 6.45) is 6.05. The van der Waals surface area contributed by atoms with Crippen molar-refractivity contribution in [1.29, 1.82) is 0 Å². The van der Waals surface area contributed by atoms with Crippen molar-refractivity contribution < 1.29 is 4.79 Å². The van der Waals surface area contributed by atoms with Crippen molar-refractivity contribution in [2.75, 3.05) is 23.7 Å². The summed E-state index contributed by atoms with van der Waals surface area (Å²) in [7, 11) is 0. The normalized spacial score (nSPS) is 16.9. The van der Waals surface area contributed by atoms with E-state index in [2.05, 4.69) is 31.0 Å². The predicted octanol–water partition coefficient (Wildman–Crippen LogP) is 0.741. The van der Waals surface area contributed by atoms with Crippen LogP contribution in [0.15, 0.2) is 36.8 Å². The highest BCUT2D eigenvalue weighted by molar-refractivity contribution is 5.97.